The van der Waals surface area contributed by atoms with Crippen molar-refractivity contribution in [3.8, 4) is 0 Å². The summed E-state index contributed by atoms with van der Waals surface area (Å²) in [5.41, 5.74) is 2.37. The summed E-state index contributed by atoms with van der Waals surface area (Å²) < 4.78 is 33.8. The van der Waals surface area contributed by atoms with Gasteiger partial charge in [-0.2, -0.15) is 0 Å². The summed E-state index contributed by atoms with van der Waals surface area (Å²) in [6.45, 7) is 4.30. The highest BCUT2D eigenvalue weighted by atomic mass is 127. The van der Waals surface area contributed by atoms with Crippen molar-refractivity contribution in [3.63, 3.8) is 0 Å². The van der Waals surface area contributed by atoms with Gasteiger partial charge in [0.15, 0.2) is 0 Å². The second-order valence-electron chi connectivity index (χ2n) is 5.75. The first-order chi connectivity index (χ1) is 11.9. The Labute approximate surface area is 161 Å². The number of hydrogen-bond donors (Lipinski definition) is 1. The first-order valence-corrected chi connectivity index (χ1v) is 10.6. The molecule has 1 heterocycles. The van der Waals surface area contributed by atoms with E-state index in [1.807, 2.05) is 54.6 Å². The highest BCUT2D eigenvalue weighted by Gasteiger charge is 2.14. The Morgan fingerprint density at radius 2 is 1.84 bits per heavy atom. The van der Waals surface area contributed by atoms with Crippen LogP contribution in [0.25, 0.3) is 16.5 Å². The highest BCUT2D eigenvalue weighted by molar-refractivity contribution is 14.1. The largest absolute Gasteiger partial charge is 0.456 e. The molecule has 6 heteroatoms. The van der Waals surface area contributed by atoms with Crippen LogP contribution >= 0.6 is 22.6 Å². The Morgan fingerprint density at radius 1 is 1.12 bits per heavy atom. The molecule has 1 aromatic heterocycles. The Kier molecular flexibility index (Phi) is 5.61. The van der Waals surface area contributed by atoms with Gasteiger partial charge in [0.1, 0.15) is 11.3 Å². The molecule has 3 rings (SSSR count). The number of halogens is 1. The maximum absolute atomic E-state index is 12.2. The van der Waals surface area contributed by atoms with E-state index >= 15 is 0 Å². The van der Waals surface area contributed by atoms with Crippen molar-refractivity contribution < 1.29 is 12.8 Å². The Hall–Kier alpha value is -1.64. The van der Waals surface area contributed by atoms with Gasteiger partial charge in [0, 0.05) is 15.5 Å². The summed E-state index contributed by atoms with van der Waals surface area (Å²) in [6.07, 6.45) is 0.491. The van der Waals surface area contributed by atoms with Crippen molar-refractivity contribution >= 4 is 49.2 Å². The molecule has 3 aromatic rings. The molecule has 0 unspecified atom stereocenters. The summed E-state index contributed by atoms with van der Waals surface area (Å²) in [5.74, 6) is 0.668. The van der Waals surface area contributed by atoms with Crippen molar-refractivity contribution in [2.24, 2.45) is 0 Å². The molecule has 0 radical (unpaired) electrons. The summed E-state index contributed by atoms with van der Waals surface area (Å²) in [7, 11) is -3.39. The van der Waals surface area contributed by atoms with Crippen LogP contribution in [0, 0.1) is 3.57 Å². The van der Waals surface area contributed by atoms with Crippen LogP contribution in [-0.4, -0.2) is 15.0 Å². The first-order valence-electron chi connectivity index (χ1n) is 7.82. The van der Waals surface area contributed by atoms with Gasteiger partial charge in [-0.25, -0.2) is 13.1 Å². The molecule has 4 nitrogen and oxygen atoms in total. The van der Waals surface area contributed by atoms with E-state index in [1.165, 1.54) is 0 Å². The summed E-state index contributed by atoms with van der Waals surface area (Å²) >= 11 is 2.14. The van der Waals surface area contributed by atoms with Crippen LogP contribution in [0.2, 0.25) is 0 Å². The van der Waals surface area contributed by atoms with E-state index in [0.29, 0.717) is 18.7 Å². The molecule has 25 heavy (non-hydrogen) atoms. The molecule has 1 N–H and O–H groups in total. The molecule has 0 bridgehead atoms. The van der Waals surface area contributed by atoms with Gasteiger partial charge in [-0.15, -0.1) is 0 Å². The Bertz CT molecular complexity index is 975. The van der Waals surface area contributed by atoms with Crippen molar-refractivity contribution in [2.75, 3.05) is 6.54 Å². The number of furan rings is 1. The number of sulfonamides is 1. The second kappa shape index (κ2) is 7.72. The highest BCUT2D eigenvalue weighted by Crippen LogP contribution is 2.25. The maximum Gasteiger partial charge on any atom is 0.215 e. The van der Waals surface area contributed by atoms with Gasteiger partial charge in [-0.05, 0) is 58.3 Å². The summed E-state index contributed by atoms with van der Waals surface area (Å²) in [6, 6.07) is 17.1. The van der Waals surface area contributed by atoms with Crippen molar-refractivity contribution in [1.29, 1.82) is 0 Å². The third kappa shape index (κ3) is 4.71. The van der Waals surface area contributed by atoms with E-state index in [2.05, 4.69) is 33.9 Å². The fraction of sp³-hybridized carbons (Fsp3) is 0.158. The average Bonchev–Trinajstić information content (AvgIpc) is 3.01. The van der Waals surface area contributed by atoms with Crippen LogP contribution in [0.4, 0.5) is 0 Å². The second-order valence-corrected chi connectivity index (χ2v) is 8.72. The number of para-hydroxylation sites is 1. The zero-order chi connectivity index (χ0) is 17.9. The molecule has 0 aliphatic rings. The summed E-state index contributed by atoms with van der Waals surface area (Å²) in [5, 5.41) is 1.01. The molecular weight excluding hydrogens is 449 g/mol. The molecule has 0 saturated heterocycles. The molecular formula is C19H18INO3S. The number of nitrogens with one attached hydrogen (secondary N) is 1. The maximum atomic E-state index is 12.2. The minimum Gasteiger partial charge on any atom is -0.456 e. The lowest BCUT2D eigenvalue weighted by atomic mass is 10.1. The van der Waals surface area contributed by atoms with Gasteiger partial charge in [-0.1, -0.05) is 43.0 Å². The molecule has 130 valence electrons. The molecule has 0 atom stereocenters. The van der Waals surface area contributed by atoms with Gasteiger partial charge < -0.3 is 4.42 Å². The number of rotatable bonds is 7. The van der Waals surface area contributed by atoms with Crippen molar-refractivity contribution in [1.82, 2.24) is 4.72 Å². The van der Waals surface area contributed by atoms with E-state index in [9.17, 15) is 8.42 Å². The van der Waals surface area contributed by atoms with Crippen LogP contribution in [0.1, 0.15) is 17.7 Å². The van der Waals surface area contributed by atoms with Gasteiger partial charge in [0.05, 0.1) is 5.75 Å². The van der Waals surface area contributed by atoms with Crippen molar-refractivity contribution in [3.05, 3.63) is 76.1 Å². The lowest BCUT2D eigenvalue weighted by Gasteiger charge is -2.08. The smallest absolute Gasteiger partial charge is 0.215 e. The Morgan fingerprint density at radius 3 is 2.60 bits per heavy atom. The van der Waals surface area contributed by atoms with Crippen molar-refractivity contribution in [2.45, 2.75) is 12.2 Å². The number of hydrogen-bond acceptors (Lipinski definition) is 3. The van der Waals surface area contributed by atoms with Crippen LogP contribution in [0.5, 0.6) is 0 Å². The quantitative estimate of drug-likeness (QED) is 0.519. The molecule has 0 fully saturated rings. The van der Waals surface area contributed by atoms with Crippen LogP contribution < -0.4 is 4.72 Å². The van der Waals surface area contributed by atoms with Gasteiger partial charge in [-0.3, -0.25) is 0 Å². The van der Waals surface area contributed by atoms with Gasteiger partial charge in [0.2, 0.25) is 10.0 Å². The molecule has 0 aliphatic heterocycles. The third-order valence-corrected chi connectivity index (χ3v) is 6.21. The zero-order valence-corrected chi connectivity index (χ0v) is 16.5. The van der Waals surface area contributed by atoms with Gasteiger partial charge in [0.25, 0.3) is 0 Å². The Balaban J connectivity index is 1.58. The number of fused-ring (bicyclic) bond motifs is 1. The lowest BCUT2D eigenvalue weighted by molar-refractivity contribution is 0.578. The van der Waals surface area contributed by atoms with Crippen LogP contribution in [-0.2, 0) is 15.8 Å². The fourth-order valence-corrected chi connectivity index (χ4v) is 4.52. The average molecular weight is 467 g/mol. The van der Waals surface area contributed by atoms with E-state index in [1.54, 1.807) is 0 Å². The van der Waals surface area contributed by atoms with E-state index < -0.39 is 10.0 Å². The van der Waals surface area contributed by atoms with Crippen LogP contribution in [0.3, 0.4) is 0 Å². The predicted molar refractivity (Wildman–Crippen MR) is 110 cm³/mol. The first kappa shape index (κ1) is 18.2. The lowest BCUT2D eigenvalue weighted by Crippen LogP contribution is -2.26. The zero-order valence-electron chi connectivity index (χ0n) is 13.5. The monoisotopic (exact) mass is 467 g/mol. The molecule has 0 aliphatic carbocycles. The van der Waals surface area contributed by atoms with Gasteiger partial charge >= 0.3 is 0 Å². The fourth-order valence-electron chi connectivity index (χ4n) is 2.51. The van der Waals surface area contributed by atoms with E-state index in [0.717, 1.165) is 25.7 Å². The van der Waals surface area contributed by atoms with Crippen LogP contribution in [0.15, 0.2) is 65.6 Å². The number of benzene rings is 2. The minimum absolute atomic E-state index is 0.0246. The molecule has 0 saturated carbocycles. The third-order valence-electron chi connectivity index (χ3n) is 3.83. The standard InChI is InChI=1S/C19H18INO3S/c1-14(19-12-15-6-3-5-9-18(15)24-19)10-11-21-25(22,23)13-16-7-2-4-8-17(16)20/h2-9,12,21H,1,10-11,13H2. The molecule has 2 aromatic carbocycles. The normalized spacial score (nSPS) is 11.7. The predicted octanol–water partition coefficient (Wildman–Crippen LogP) is 4.56. The molecule has 0 amide bonds. The minimum atomic E-state index is -3.39. The SMILES string of the molecule is C=C(CCNS(=O)(=O)Cc1ccccc1I)c1cc2ccccc2o1. The summed E-state index contributed by atoms with van der Waals surface area (Å²) in [4.78, 5) is 0. The van der Waals surface area contributed by atoms with E-state index in [4.69, 9.17) is 4.42 Å². The topological polar surface area (TPSA) is 59.3 Å². The molecule has 0 spiro atoms. The van der Waals surface area contributed by atoms with E-state index in [-0.39, 0.29) is 5.75 Å².